The number of rotatable bonds is 3. The molecule has 0 unspecified atom stereocenters. The number of hydrogen-bond donors (Lipinski definition) is 6. The minimum Gasteiger partial charge on any atom is -0.508 e. The van der Waals surface area contributed by atoms with E-state index in [0.29, 0.717) is 17.7 Å². The zero-order chi connectivity index (χ0) is 25.8. The Morgan fingerprint density at radius 1 is 1.26 bits per heavy atom. The van der Waals surface area contributed by atoms with E-state index < -0.39 is 58.0 Å². The molecule has 4 atom stereocenters. The number of Topliss-reactive ketones (excluding diaryl/α,β-unsaturated/α-hetero) is 2. The molecule has 3 aliphatic rings. The average molecular weight is 482 g/mol. The van der Waals surface area contributed by atoms with E-state index in [1.165, 1.54) is 11.0 Å². The smallest absolute Gasteiger partial charge is 0.255 e. The number of fused-ring (bicyclic) bond motifs is 3. The highest BCUT2D eigenvalue weighted by molar-refractivity contribution is 6.24. The predicted octanol–water partition coefficient (Wildman–Crippen LogP) is -0.465. The molecular weight excluding hydrogens is 454 g/mol. The molecule has 7 N–H and O–H groups in total. The van der Waals surface area contributed by atoms with Crippen molar-refractivity contribution in [3.8, 4) is 17.6 Å². The number of aliphatic hydroxyl groups excluding tert-OH is 2. The number of carbonyl (C=O) groups excluding carboxylic acids is 3. The molecule has 35 heavy (non-hydrogen) atoms. The van der Waals surface area contributed by atoms with Gasteiger partial charge in [-0.05, 0) is 57.6 Å². The van der Waals surface area contributed by atoms with Crippen LogP contribution >= 0.6 is 0 Å². The van der Waals surface area contributed by atoms with Crippen molar-refractivity contribution >= 4 is 23.2 Å². The summed E-state index contributed by atoms with van der Waals surface area (Å²) in [6.07, 6.45) is 0.233. The predicted molar refractivity (Wildman–Crippen MR) is 125 cm³/mol. The zero-order valence-electron chi connectivity index (χ0n) is 19.5. The molecule has 1 aromatic carbocycles. The van der Waals surface area contributed by atoms with Crippen LogP contribution in [0.15, 0.2) is 29.0 Å². The first-order valence-corrected chi connectivity index (χ1v) is 11.1. The van der Waals surface area contributed by atoms with Gasteiger partial charge in [-0.3, -0.25) is 19.3 Å². The van der Waals surface area contributed by atoms with Crippen LogP contribution in [0.1, 0.15) is 23.1 Å². The van der Waals surface area contributed by atoms with Gasteiger partial charge in [0.1, 0.15) is 22.8 Å². The first-order valence-electron chi connectivity index (χ1n) is 11.1. The lowest BCUT2D eigenvalue weighted by Crippen LogP contribution is -2.65. The summed E-state index contributed by atoms with van der Waals surface area (Å²) in [6.45, 7) is 0.417. The number of nitrogens with one attached hydrogen (secondary N) is 1. The van der Waals surface area contributed by atoms with Crippen molar-refractivity contribution in [2.75, 3.05) is 27.7 Å². The number of amides is 1. The van der Waals surface area contributed by atoms with Crippen LogP contribution in [0.2, 0.25) is 0 Å². The average Bonchev–Trinajstić information content (AvgIpc) is 2.77. The molecule has 1 saturated carbocycles. The van der Waals surface area contributed by atoms with Crippen molar-refractivity contribution in [2.45, 2.75) is 24.5 Å². The van der Waals surface area contributed by atoms with Crippen LogP contribution in [-0.2, 0) is 20.8 Å². The van der Waals surface area contributed by atoms with Crippen molar-refractivity contribution in [1.82, 2.24) is 10.2 Å². The molecule has 0 spiro atoms. The molecule has 0 aliphatic heterocycles. The lowest BCUT2D eigenvalue weighted by atomic mass is 9.57. The maximum atomic E-state index is 13.7. The summed E-state index contributed by atoms with van der Waals surface area (Å²) in [4.78, 5) is 40.3. The van der Waals surface area contributed by atoms with E-state index in [-0.39, 0.29) is 29.7 Å². The van der Waals surface area contributed by atoms with E-state index in [0.717, 1.165) is 0 Å². The Bertz CT molecular complexity index is 1280. The molecule has 10 heteroatoms. The fourth-order valence-electron chi connectivity index (χ4n) is 5.59. The summed E-state index contributed by atoms with van der Waals surface area (Å²) >= 11 is 0. The van der Waals surface area contributed by atoms with Gasteiger partial charge in [0, 0.05) is 17.1 Å². The Hall–Kier alpha value is -3.65. The number of benzene rings is 1. The monoisotopic (exact) mass is 481 g/mol. The molecule has 1 amide bonds. The highest BCUT2D eigenvalue weighted by Gasteiger charge is 2.64. The van der Waals surface area contributed by atoms with E-state index in [4.69, 9.17) is 5.73 Å². The maximum Gasteiger partial charge on any atom is 0.255 e. The molecule has 10 nitrogen and oxygen atoms in total. The van der Waals surface area contributed by atoms with Gasteiger partial charge in [0.15, 0.2) is 11.4 Å². The summed E-state index contributed by atoms with van der Waals surface area (Å²) in [7, 11) is 4.86. The molecule has 0 aromatic heterocycles. The van der Waals surface area contributed by atoms with Crippen LogP contribution in [0.4, 0.5) is 0 Å². The number of likely N-dealkylation sites (N-methyl/N-ethyl adjacent to an activating group) is 1. The second kappa shape index (κ2) is 8.53. The highest BCUT2D eigenvalue weighted by atomic mass is 16.3. The number of hydrogen-bond acceptors (Lipinski definition) is 9. The fourth-order valence-corrected chi connectivity index (χ4v) is 5.59. The van der Waals surface area contributed by atoms with E-state index in [9.17, 15) is 34.8 Å². The third kappa shape index (κ3) is 3.43. The Balaban J connectivity index is 1.95. The Kier molecular flexibility index (Phi) is 5.97. The molecule has 184 valence electrons. The number of nitrogens with two attached hydrogens (primary N) is 1. The molecular formula is C25H27N3O7. The third-order valence-electron chi connectivity index (χ3n) is 7.09. The first kappa shape index (κ1) is 24.5. The summed E-state index contributed by atoms with van der Waals surface area (Å²) < 4.78 is 0. The second-order valence-electron chi connectivity index (χ2n) is 9.28. The van der Waals surface area contributed by atoms with E-state index >= 15 is 0 Å². The SMILES string of the molecule is CNCC#Cc1ccc(O)c2c1C[C@@H]1C[C@H]3[C@H](N(C)C)C(=O)C(C(N)=O)=C(O)[C@@]3(O)C(=O)C1=C2O. The van der Waals surface area contributed by atoms with Gasteiger partial charge in [-0.25, -0.2) is 0 Å². The zero-order valence-corrected chi connectivity index (χ0v) is 19.5. The van der Waals surface area contributed by atoms with Gasteiger partial charge in [0.2, 0.25) is 5.78 Å². The Morgan fingerprint density at radius 3 is 2.54 bits per heavy atom. The molecule has 0 bridgehead atoms. The van der Waals surface area contributed by atoms with Gasteiger partial charge >= 0.3 is 0 Å². The van der Waals surface area contributed by atoms with E-state index in [1.807, 2.05) is 0 Å². The van der Waals surface area contributed by atoms with Crippen molar-refractivity contribution in [2.24, 2.45) is 17.6 Å². The van der Waals surface area contributed by atoms with Crippen LogP contribution < -0.4 is 11.1 Å². The van der Waals surface area contributed by atoms with Gasteiger partial charge in [-0.2, -0.15) is 0 Å². The Labute approximate surface area is 201 Å². The second-order valence-corrected chi connectivity index (χ2v) is 9.28. The summed E-state index contributed by atoms with van der Waals surface area (Å²) in [5.41, 5.74) is 2.77. The maximum absolute atomic E-state index is 13.7. The van der Waals surface area contributed by atoms with Crippen LogP contribution in [-0.4, -0.2) is 82.1 Å². The molecule has 0 saturated heterocycles. The topological polar surface area (TPSA) is 173 Å². The number of carbonyl (C=O) groups is 3. The first-order chi connectivity index (χ1) is 16.5. The minimum atomic E-state index is -2.65. The highest BCUT2D eigenvalue weighted by Crippen LogP contribution is 2.52. The molecule has 4 rings (SSSR count). The number of ketones is 2. The number of primary amides is 1. The number of aliphatic hydroxyl groups is 3. The van der Waals surface area contributed by atoms with Crippen LogP contribution in [0.25, 0.3) is 5.76 Å². The van der Waals surface area contributed by atoms with Crippen LogP contribution in [0, 0.1) is 23.7 Å². The summed E-state index contributed by atoms with van der Waals surface area (Å²) in [5, 5.41) is 47.0. The standard InChI is InChI=1S/C25H27N3O7/c1-27-8-4-5-11-6-7-15(29)17-13(11)9-12-10-14-19(28(2)3)21(31)18(24(26)34)23(33)25(14,35)22(32)16(12)20(17)30/h6-7,12,14,19,27,29-30,33,35H,8-10H2,1-3H3,(H2,26,34)/t12-,14+,19+,25+/m1/s1. The lowest BCUT2D eigenvalue weighted by Gasteiger charge is -2.50. The number of phenols is 1. The molecule has 0 heterocycles. The van der Waals surface area contributed by atoms with Crippen LogP contribution in [0.3, 0.4) is 0 Å². The molecule has 1 aromatic rings. The molecule has 3 aliphatic carbocycles. The van der Waals surface area contributed by atoms with Gasteiger partial charge < -0.3 is 31.5 Å². The van der Waals surface area contributed by atoms with Crippen molar-refractivity contribution in [3.05, 3.63) is 45.7 Å². The van der Waals surface area contributed by atoms with Gasteiger partial charge in [0.05, 0.1) is 18.2 Å². The van der Waals surface area contributed by atoms with E-state index in [2.05, 4.69) is 17.2 Å². The number of phenolic OH excluding ortho intramolecular Hbond substituents is 1. The summed E-state index contributed by atoms with van der Waals surface area (Å²) in [5.74, 6) is -0.815. The van der Waals surface area contributed by atoms with Crippen molar-refractivity contribution < 1.29 is 34.8 Å². The normalized spacial score (nSPS) is 27.7. The van der Waals surface area contributed by atoms with Crippen molar-refractivity contribution in [1.29, 1.82) is 0 Å². The van der Waals surface area contributed by atoms with Gasteiger partial charge in [-0.15, -0.1) is 0 Å². The minimum absolute atomic E-state index is 0.0255. The van der Waals surface area contributed by atoms with E-state index in [1.54, 1.807) is 27.2 Å². The largest absolute Gasteiger partial charge is 0.508 e. The van der Waals surface area contributed by atoms with Crippen molar-refractivity contribution in [3.63, 3.8) is 0 Å². The fraction of sp³-hybridized carbons (Fsp3) is 0.400. The number of nitrogens with zero attached hydrogens (tertiary/aromatic N) is 1. The molecule has 0 radical (unpaired) electrons. The van der Waals surface area contributed by atoms with Crippen LogP contribution in [0.5, 0.6) is 5.75 Å². The Morgan fingerprint density at radius 2 is 1.94 bits per heavy atom. The molecule has 1 fully saturated rings. The third-order valence-corrected chi connectivity index (χ3v) is 7.09. The quantitative estimate of drug-likeness (QED) is 0.246. The number of aromatic hydroxyl groups is 1. The lowest BCUT2D eigenvalue weighted by molar-refractivity contribution is -0.153. The van der Waals surface area contributed by atoms with Gasteiger partial charge in [0.25, 0.3) is 5.91 Å². The van der Waals surface area contributed by atoms with Gasteiger partial charge in [-0.1, -0.05) is 11.8 Å². The summed E-state index contributed by atoms with van der Waals surface area (Å²) in [6, 6.07) is 1.86.